The predicted octanol–water partition coefficient (Wildman–Crippen LogP) is 3.82. The van der Waals surface area contributed by atoms with E-state index in [1.807, 2.05) is 0 Å². The highest BCUT2D eigenvalue weighted by Gasteiger charge is 2.39. The first-order valence-electron chi connectivity index (χ1n) is 6.95. The molecule has 17 heavy (non-hydrogen) atoms. The lowest BCUT2D eigenvalue weighted by molar-refractivity contribution is 0.0588. The van der Waals surface area contributed by atoms with Crippen LogP contribution in [0, 0.1) is 6.92 Å². The quantitative estimate of drug-likeness (QED) is 0.500. The van der Waals surface area contributed by atoms with Crippen LogP contribution in [-0.4, -0.2) is 28.6 Å². The molecule has 0 heterocycles. The van der Waals surface area contributed by atoms with E-state index in [4.69, 9.17) is 13.3 Å². The summed E-state index contributed by atoms with van der Waals surface area (Å²) in [5, 5.41) is 0. The summed E-state index contributed by atoms with van der Waals surface area (Å²) >= 11 is 0. The van der Waals surface area contributed by atoms with Gasteiger partial charge in [-0.1, -0.05) is 34.1 Å². The number of rotatable bonds is 12. The molecule has 0 fully saturated rings. The topological polar surface area (TPSA) is 27.7 Å². The van der Waals surface area contributed by atoms with Crippen LogP contribution in [0.3, 0.4) is 0 Å². The molecule has 103 valence electrons. The van der Waals surface area contributed by atoms with Gasteiger partial charge in [0.2, 0.25) is 0 Å². The SMILES string of the molecule is [CH2]CCC[Si](OCCC)(OCCC)OCCC. The molecule has 0 aliphatic heterocycles. The highest BCUT2D eigenvalue weighted by atomic mass is 28.4. The Morgan fingerprint density at radius 1 is 0.824 bits per heavy atom. The van der Waals surface area contributed by atoms with Crippen LogP contribution in [0.1, 0.15) is 52.9 Å². The van der Waals surface area contributed by atoms with E-state index in [0.717, 1.165) is 58.0 Å². The maximum absolute atomic E-state index is 5.95. The van der Waals surface area contributed by atoms with Crippen molar-refractivity contribution in [1.82, 2.24) is 0 Å². The molecule has 0 unspecified atom stereocenters. The Balaban J connectivity index is 4.39. The van der Waals surface area contributed by atoms with Crippen molar-refractivity contribution in [2.75, 3.05) is 19.8 Å². The summed E-state index contributed by atoms with van der Waals surface area (Å²) in [6.45, 7) is 12.4. The molecule has 0 rings (SSSR count). The lowest BCUT2D eigenvalue weighted by Crippen LogP contribution is -2.46. The molecular weight excluding hydrogens is 232 g/mol. The molecule has 3 nitrogen and oxygen atoms in total. The Bertz CT molecular complexity index is 127. The van der Waals surface area contributed by atoms with Gasteiger partial charge >= 0.3 is 8.80 Å². The van der Waals surface area contributed by atoms with E-state index >= 15 is 0 Å². The summed E-state index contributed by atoms with van der Waals surface area (Å²) in [4.78, 5) is 0. The van der Waals surface area contributed by atoms with Crippen molar-refractivity contribution in [2.24, 2.45) is 0 Å². The largest absolute Gasteiger partial charge is 0.500 e. The lowest BCUT2D eigenvalue weighted by Gasteiger charge is -2.29. The third kappa shape index (κ3) is 7.92. The number of unbranched alkanes of at least 4 members (excludes halogenated alkanes) is 1. The van der Waals surface area contributed by atoms with Gasteiger partial charge in [-0.05, 0) is 25.7 Å². The zero-order valence-electron chi connectivity index (χ0n) is 11.8. The highest BCUT2D eigenvalue weighted by Crippen LogP contribution is 2.20. The van der Waals surface area contributed by atoms with Gasteiger partial charge in [0.15, 0.2) is 0 Å². The number of hydrogen-bond donors (Lipinski definition) is 0. The summed E-state index contributed by atoms with van der Waals surface area (Å²) in [5.74, 6) is 0. The van der Waals surface area contributed by atoms with Crippen molar-refractivity contribution >= 4 is 8.80 Å². The van der Waals surface area contributed by atoms with Crippen LogP contribution < -0.4 is 0 Å². The molecule has 0 aromatic rings. The Hall–Kier alpha value is 0.0969. The van der Waals surface area contributed by atoms with Crippen molar-refractivity contribution in [3.63, 3.8) is 0 Å². The second-order valence-electron chi connectivity index (χ2n) is 4.19. The first-order chi connectivity index (χ1) is 8.24. The van der Waals surface area contributed by atoms with Crippen LogP contribution in [-0.2, 0) is 13.3 Å². The van der Waals surface area contributed by atoms with Crippen molar-refractivity contribution in [3.05, 3.63) is 6.92 Å². The van der Waals surface area contributed by atoms with E-state index < -0.39 is 8.80 Å². The molecule has 0 saturated carbocycles. The van der Waals surface area contributed by atoms with Gasteiger partial charge < -0.3 is 13.3 Å². The van der Waals surface area contributed by atoms with E-state index in [0.29, 0.717) is 0 Å². The average Bonchev–Trinajstić information content (AvgIpc) is 2.37. The molecule has 0 aliphatic carbocycles. The third-order valence-electron chi connectivity index (χ3n) is 2.31. The van der Waals surface area contributed by atoms with Crippen molar-refractivity contribution in [2.45, 2.75) is 58.9 Å². The van der Waals surface area contributed by atoms with Gasteiger partial charge in [0.25, 0.3) is 0 Å². The summed E-state index contributed by atoms with van der Waals surface area (Å²) in [6, 6.07) is 0.899. The molecular formula is C13H29O3Si. The van der Waals surface area contributed by atoms with E-state index in [1.165, 1.54) is 0 Å². The fourth-order valence-electron chi connectivity index (χ4n) is 1.46. The van der Waals surface area contributed by atoms with Gasteiger partial charge in [-0.3, -0.25) is 0 Å². The fraction of sp³-hybridized carbons (Fsp3) is 0.923. The van der Waals surface area contributed by atoms with E-state index in [9.17, 15) is 0 Å². The predicted molar refractivity (Wildman–Crippen MR) is 73.9 cm³/mol. The van der Waals surface area contributed by atoms with Crippen molar-refractivity contribution in [3.8, 4) is 0 Å². The molecule has 0 bridgehead atoms. The Labute approximate surface area is 108 Å². The Kier molecular flexibility index (Phi) is 11.3. The maximum Gasteiger partial charge on any atom is 0.500 e. The molecule has 0 atom stereocenters. The van der Waals surface area contributed by atoms with Gasteiger partial charge in [-0.25, -0.2) is 0 Å². The van der Waals surface area contributed by atoms with Gasteiger partial charge in [-0.15, -0.1) is 0 Å². The molecule has 0 aliphatic rings. The minimum absolute atomic E-state index is 0.733. The van der Waals surface area contributed by atoms with Crippen LogP contribution in [0.5, 0.6) is 0 Å². The summed E-state index contributed by atoms with van der Waals surface area (Å²) in [5.41, 5.74) is 0. The van der Waals surface area contributed by atoms with E-state index in [1.54, 1.807) is 0 Å². The van der Waals surface area contributed by atoms with E-state index in [2.05, 4.69) is 27.7 Å². The fourth-order valence-corrected chi connectivity index (χ4v) is 4.37. The molecule has 0 aromatic heterocycles. The normalized spacial score (nSPS) is 12.0. The smallest absolute Gasteiger partial charge is 0.373 e. The standard InChI is InChI=1S/C13H29O3Si/c1-5-9-13-17(14-10-6-2,15-11-7-3)16-12-8-4/h1,5-13H2,2-4H3. The van der Waals surface area contributed by atoms with Gasteiger partial charge in [0.05, 0.1) is 0 Å². The summed E-state index contributed by atoms with van der Waals surface area (Å²) < 4.78 is 17.9. The lowest BCUT2D eigenvalue weighted by atomic mass is 10.4. The molecule has 1 radical (unpaired) electrons. The van der Waals surface area contributed by atoms with Crippen LogP contribution >= 0.6 is 0 Å². The van der Waals surface area contributed by atoms with Crippen LogP contribution in [0.4, 0.5) is 0 Å². The Morgan fingerprint density at radius 3 is 1.53 bits per heavy atom. The number of hydrogen-bond acceptors (Lipinski definition) is 3. The molecule has 4 heteroatoms. The maximum atomic E-state index is 5.95. The molecule has 0 saturated heterocycles. The Morgan fingerprint density at radius 2 is 1.24 bits per heavy atom. The van der Waals surface area contributed by atoms with Crippen molar-refractivity contribution < 1.29 is 13.3 Å². The minimum atomic E-state index is -2.42. The van der Waals surface area contributed by atoms with Crippen LogP contribution in [0.25, 0.3) is 0 Å². The molecule has 0 amide bonds. The second-order valence-corrected chi connectivity index (χ2v) is 6.92. The van der Waals surface area contributed by atoms with Gasteiger partial charge in [0, 0.05) is 25.9 Å². The van der Waals surface area contributed by atoms with Gasteiger partial charge in [0.1, 0.15) is 0 Å². The first-order valence-corrected chi connectivity index (χ1v) is 8.89. The average molecular weight is 261 g/mol. The zero-order valence-corrected chi connectivity index (χ0v) is 12.8. The monoisotopic (exact) mass is 261 g/mol. The minimum Gasteiger partial charge on any atom is -0.373 e. The van der Waals surface area contributed by atoms with Crippen LogP contribution in [0.15, 0.2) is 0 Å². The first kappa shape index (κ1) is 17.1. The van der Waals surface area contributed by atoms with Gasteiger partial charge in [-0.2, -0.15) is 0 Å². The summed E-state index contributed by atoms with van der Waals surface area (Å²) in [6.07, 6.45) is 4.94. The van der Waals surface area contributed by atoms with Crippen LogP contribution in [0.2, 0.25) is 6.04 Å². The molecule has 0 N–H and O–H groups in total. The van der Waals surface area contributed by atoms with E-state index in [-0.39, 0.29) is 0 Å². The third-order valence-corrected chi connectivity index (χ3v) is 5.21. The summed E-state index contributed by atoms with van der Waals surface area (Å²) in [7, 11) is -2.42. The highest BCUT2D eigenvalue weighted by molar-refractivity contribution is 6.60. The second kappa shape index (κ2) is 11.2. The van der Waals surface area contributed by atoms with Crippen molar-refractivity contribution in [1.29, 1.82) is 0 Å². The zero-order chi connectivity index (χ0) is 13.0. The molecule has 0 spiro atoms. The molecule has 0 aromatic carbocycles.